The molecule has 0 bridgehead atoms. The van der Waals surface area contributed by atoms with Crippen molar-refractivity contribution < 1.29 is 9.84 Å². The average Bonchev–Trinajstić information content (AvgIpc) is 2.79. The van der Waals surface area contributed by atoms with Crippen LogP contribution in [-0.2, 0) is 10.2 Å². The number of aliphatic imine (C=N–C) groups is 1. The zero-order chi connectivity index (χ0) is 21.2. The molecule has 162 valence electrons. The third kappa shape index (κ3) is 5.83. The Morgan fingerprint density at radius 3 is 2.47 bits per heavy atom. The van der Waals surface area contributed by atoms with Gasteiger partial charge in [-0.15, -0.1) is 0 Å². The van der Waals surface area contributed by atoms with Crippen molar-refractivity contribution in [2.45, 2.75) is 44.6 Å². The Labute approximate surface area is 180 Å². The summed E-state index contributed by atoms with van der Waals surface area (Å²) < 4.78 is 5.67. The van der Waals surface area contributed by atoms with Gasteiger partial charge in [0.2, 0.25) is 0 Å². The Morgan fingerprint density at radius 1 is 1.07 bits per heavy atom. The van der Waals surface area contributed by atoms with Crippen molar-refractivity contribution in [3.63, 3.8) is 0 Å². The van der Waals surface area contributed by atoms with Gasteiger partial charge in [-0.2, -0.15) is 0 Å². The predicted octanol–water partition coefficient (Wildman–Crippen LogP) is 3.72. The molecule has 1 aliphatic rings. The minimum atomic E-state index is -0.476. The molecule has 1 fully saturated rings. The smallest absolute Gasteiger partial charge is 0.191 e. The summed E-state index contributed by atoms with van der Waals surface area (Å²) in [6.07, 6.45) is 2.11. The summed E-state index contributed by atoms with van der Waals surface area (Å²) in [5.74, 6) is 0.803. The molecule has 0 amide bonds. The molecule has 0 aromatic heterocycles. The molecular weight excluding hydrogens is 374 g/mol. The van der Waals surface area contributed by atoms with Crippen LogP contribution in [0.15, 0.2) is 59.6 Å². The van der Waals surface area contributed by atoms with Crippen molar-refractivity contribution in [3.05, 3.63) is 71.3 Å². The van der Waals surface area contributed by atoms with E-state index in [1.807, 2.05) is 30.3 Å². The first-order chi connectivity index (χ1) is 14.6. The molecule has 0 radical (unpaired) electrons. The number of ether oxygens (including phenoxy) is 1. The van der Waals surface area contributed by atoms with Gasteiger partial charge in [0, 0.05) is 31.7 Å². The Balaban J connectivity index is 1.66. The van der Waals surface area contributed by atoms with E-state index < -0.39 is 6.10 Å². The zero-order valence-electron chi connectivity index (χ0n) is 18.2. The summed E-state index contributed by atoms with van der Waals surface area (Å²) in [7, 11) is 0. The Hall–Kier alpha value is -2.37. The first-order valence-electron chi connectivity index (χ1n) is 11.0. The normalized spacial score (nSPS) is 17.4. The van der Waals surface area contributed by atoms with Gasteiger partial charge in [-0.05, 0) is 49.8 Å². The van der Waals surface area contributed by atoms with Crippen molar-refractivity contribution >= 4 is 5.96 Å². The largest absolute Gasteiger partial charge is 0.388 e. The lowest BCUT2D eigenvalue weighted by Gasteiger charge is -2.37. The molecule has 30 heavy (non-hydrogen) atoms. The van der Waals surface area contributed by atoms with Gasteiger partial charge >= 0.3 is 0 Å². The highest BCUT2D eigenvalue weighted by Gasteiger charge is 2.35. The van der Waals surface area contributed by atoms with Gasteiger partial charge in [-0.3, -0.25) is 4.99 Å². The third-order valence-corrected chi connectivity index (χ3v) is 5.94. The SMILES string of the molecule is CCNC(=NCC1(c2ccccc2C)CCOCC1)NCCC(O)c1ccccc1. The number of nitrogens with zero attached hydrogens (tertiary/aromatic N) is 1. The van der Waals surface area contributed by atoms with E-state index in [1.165, 1.54) is 11.1 Å². The van der Waals surface area contributed by atoms with E-state index >= 15 is 0 Å². The predicted molar refractivity (Wildman–Crippen MR) is 123 cm³/mol. The molecule has 1 unspecified atom stereocenters. The Morgan fingerprint density at radius 2 is 1.77 bits per heavy atom. The van der Waals surface area contributed by atoms with Crippen LogP contribution in [0.2, 0.25) is 0 Å². The Bertz CT molecular complexity index is 801. The second-order valence-corrected chi connectivity index (χ2v) is 8.04. The van der Waals surface area contributed by atoms with E-state index in [2.05, 4.69) is 48.7 Å². The molecule has 1 atom stereocenters. The summed E-state index contributed by atoms with van der Waals surface area (Å²) in [6.45, 7) is 7.98. The van der Waals surface area contributed by atoms with Gasteiger partial charge in [-0.1, -0.05) is 54.6 Å². The third-order valence-electron chi connectivity index (χ3n) is 5.94. The lowest BCUT2D eigenvalue weighted by atomic mass is 9.72. The fourth-order valence-corrected chi connectivity index (χ4v) is 4.18. The number of aliphatic hydroxyl groups excluding tert-OH is 1. The summed E-state index contributed by atoms with van der Waals surface area (Å²) in [5, 5.41) is 17.1. The maximum atomic E-state index is 10.4. The number of nitrogens with one attached hydrogen (secondary N) is 2. The molecule has 1 saturated heterocycles. The molecule has 0 spiro atoms. The van der Waals surface area contributed by atoms with Gasteiger partial charge in [0.1, 0.15) is 0 Å². The summed E-state index contributed by atoms with van der Waals surface area (Å²) in [5.41, 5.74) is 3.66. The summed E-state index contributed by atoms with van der Waals surface area (Å²) in [6, 6.07) is 18.4. The molecular formula is C25H35N3O2. The molecule has 0 aliphatic carbocycles. The van der Waals surface area contributed by atoms with Crippen LogP contribution >= 0.6 is 0 Å². The zero-order valence-corrected chi connectivity index (χ0v) is 18.2. The van der Waals surface area contributed by atoms with Gasteiger partial charge in [0.05, 0.1) is 12.6 Å². The van der Waals surface area contributed by atoms with E-state index in [9.17, 15) is 5.11 Å². The molecule has 1 aliphatic heterocycles. The van der Waals surface area contributed by atoms with Crippen LogP contribution in [0.3, 0.4) is 0 Å². The lowest BCUT2D eigenvalue weighted by Crippen LogP contribution is -2.42. The van der Waals surface area contributed by atoms with Crippen LogP contribution in [0.1, 0.15) is 49.0 Å². The molecule has 3 rings (SSSR count). The van der Waals surface area contributed by atoms with E-state index in [4.69, 9.17) is 9.73 Å². The second-order valence-electron chi connectivity index (χ2n) is 8.04. The van der Waals surface area contributed by atoms with Crippen molar-refractivity contribution in [2.24, 2.45) is 4.99 Å². The number of aliphatic hydroxyl groups is 1. The molecule has 0 saturated carbocycles. The van der Waals surface area contributed by atoms with Crippen LogP contribution < -0.4 is 10.6 Å². The van der Waals surface area contributed by atoms with E-state index in [-0.39, 0.29) is 5.41 Å². The quantitative estimate of drug-likeness (QED) is 0.459. The van der Waals surface area contributed by atoms with E-state index in [0.717, 1.165) is 50.7 Å². The average molecular weight is 410 g/mol. The van der Waals surface area contributed by atoms with Crippen molar-refractivity contribution in [3.8, 4) is 0 Å². The highest BCUT2D eigenvalue weighted by atomic mass is 16.5. The van der Waals surface area contributed by atoms with Crippen molar-refractivity contribution in [1.29, 1.82) is 0 Å². The molecule has 3 N–H and O–H groups in total. The fourth-order valence-electron chi connectivity index (χ4n) is 4.18. The van der Waals surface area contributed by atoms with Crippen molar-refractivity contribution in [2.75, 3.05) is 32.8 Å². The van der Waals surface area contributed by atoms with Crippen LogP contribution in [-0.4, -0.2) is 43.9 Å². The molecule has 1 heterocycles. The van der Waals surface area contributed by atoms with Crippen LogP contribution in [0, 0.1) is 6.92 Å². The minimum absolute atomic E-state index is 0.00942. The second kappa shape index (κ2) is 11.1. The topological polar surface area (TPSA) is 65.9 Å². The molecule has 2 aromatic carbocycles. The highest BCUT2D eigenvalue weighted by molar-refractivity contribution is 5.79. The van der Waals surface area contributed by atoms with Gasteiger partial charge < -0.3 is 20.5 Å². The van der Waals surface area contributed by atoms with Crippen molar-refractivity contribution in [1.82, 2.24) is 10.6 Å². The number of hydrogen-bond acceptors (Lipinski definition) is 3. The monoisotopic (exact) mass is 409 g/mol. The number of rotatable bonds is 8. The molecule has 2 aromatic rings. The van der Waals surface area contributed by atoms with Gasteiger partial charge in [-0.25, -0.2) is 0 Å². The molecule has 5 nitrogen and oxygen atoms in total. The number of hydrogen-bond donors (Lipinski definition) is 3. The van der Waals surface area contributed by atoms with Crippen LogP contribution in [0.5, 0.6) is 0 Å². The number of guanidine groups is 1. The lowest BCUT2D eigenvalue weighted by molar-refractivity contribution is 0.0529. The fraction of sp³-hybridized carbons (Fsp3) is 0.480. The Kier molecular flexibility index (Phi) is 8.29. The summed E-state index contributed by atoms with van der Waals surface area (Å²) in [4.78, 5) is 4.95. The molecule has 5 heteroatoms. The van der Waals surface area contributed by atoms with Crippen LogP contribution in [0.25, 0.3) is 0 Å². The number of benzene rings is 2. The van der Waals surface area contributed by atoms with E-state index in [1.54, 1.807) is 0 Å². The number of aryl methyl sites for hydroxylation is 1. The minimum Gasteiger partial charge on any atom is -0.388 e. The summed E-state index contributed by atoms with van der Waals surface area (Å²) >= 11 is 0. The van der Waals surface area contributed by atoms with Gasteiger partial charge in [0.15, 0.2) is 5.96 Å². The first kappa shape index (κ1) is 22.3. The van der Waals surface area contributed by atoms with Gasteiger partial charge in [0.25, 0.3) is 0 Å². The maximum Gasteiger partial charge on any atom is 0.191 e. The first-order valence-corrected chi connectivity index (χ1v) is 11.0. The highest BCUT2D eigenvalue weighted by Crippen LogP contribution is 2.37. The van der Waals surface area contributed by atoms with E-state index in [0.29, 0.717) is 13.0 Å². The van der Waals surface area contributed by atoms with Crippen LogP contribution in [0.4, 0.5) is 0 Å². The standard InChI is InChI=1S/C25H35N3O2/c1-3-26-24(27-16-13-23(29)21-10-5-4-6-11-21)28-19-25(14-17-30-18-15-25)22-12-8-7-9-20(22)2/h4-12,23,29H,3,13-19H2,1-2H3,(H2,26,27,28). The maximum absolute atomic E-state index is 10.4.